The Kier molecular flexibility index (Phi) is 3.44. The van der Waals surface area contributed by atoms with Crippen molar-refractivity contribution in [1.82, 2.24) is 9.55 Å². The number of rotatable bonds is 4. The quantitative estimate of drug-likeness (QED) is 0.851. The molecule has 0 amide bonds. The maximum Gasteiger partial charge on any atom is 0.349 e. The van der Waals surface area contributed by atoms with Crippen molar-refractivity contribution in [3.8, 4) is 0 Å². The first-order valence-corrected chi connectivity index (χ1v) is 6.20. The highest BCUT2D eigenvalue weighted by Crippen LogP contribution is 2.28. The van der Waals surface area contributed by atoms with E-state index in [4.69, 9.17) is 4.74 Å². The van der Waals surface area contributed by atoms with Gasteiger partial charge in [-0.25, -0.2) is 4.79 Å². The van der Waals surface area contributed by atoms with Crippen LogP contribution < -0.4 is 5.69 Å². The van der Waals surface area contributed by atoms with Gasteiger partial charge in [-0.2, -0.15) is 4.98 Å². The summed E-state index contributed by atoms with van der Waals surface area (Å²) in [5, 5.41) is 0. The molecule has 88 valence electrons. The van der Waals surface area contributed by atoms with Gasteiger partial charge in [-0.05, 0) is 48.5 Å². The van der Waals surface area contributed by atoms with Crippen molar-refractivity contribution in [3.63, 3.8) is 0 Å². The molecule has 0 aromatic carbocycles. The van der Waals surface area contributed by atoms with Gasteiger partial charge in [-0.15, -0.1) is 0 Å². The predicted octanol–water partition coefficient (Wildman–Crippen LogP) is 2.01. The highest BCUT2D eigenvalue weighted by Gasteiger charge is 2.21. The van der Waals surface area contributed by atoms with Crippen LogP contribution in [-0.4, -0.2) is 16.2 Å². The van der Waals surface area contributed by atoms with Crippen molar-refractivity contribution < 1.29 is 4.74 Å². The van der Waals surface area contributed by atoms with Crippen LogP contribution in [0.5, 0.6) is 0 Å². The van der Waals surface area contributed by atoms with Crippen LogP contribution >= 0.6 is 15.9 Å². The SMILES string of the molecule is Cc1nc(=O)n(COCC2CC2)c(C)c1Br. The Labute approximate surface area is 103 Å². The molecule has 0 aliphatic heterocycles. The Morgan fingerprint density at radius 1 is 1.50 bits per heavy atom. The number of aromatic nitrogens is 2. The monoisotopic (exact) mass is 286 g/mol. The van der Waals surface area contributed by atoms with Gasteiger partial charge in [0.2, 0.25) is 0 Å². The van der Waals surface area contributed by atoms with Crippen molar-refractivity contribution in [3.05, 3.63) is 26.3 Å². The first-order valence-electron chi connectivity index (χ1n) is 5.41. The van der Waals surface area contributed by atoms with Gasteiger partial charge in [0.25, 0.3) is 0 Å². The molecule has 1 aliphatic carbocycles. The van der Waals surface area contributed by atoms with Gasteiger partial charge in [-0.1, -0.05) is 0 Å². The molecule has 0 bridgehead atoms. The van der Waals surface area contributed by atoms with Crippen LogP contribution in [0.3, 0.4) is 0 Å². The number of halogens is 1. The van der Waals surface area contributed by atoms with E-state index in [1.165, 1.54) is 12.8 Å². The minimum atomic E-state index is -0.242. The van der Waals surface area contributed by atoms with E-state index in [1.54, 1.807) is 4.57 Å². The summed E-state index contributed by atoms with van der Waals surface area (Å²) in [6.45, 7) is 4.75. The van der Waals surface area contributed by atoms with E-state index < -0.39 is 0 Å². The van der Waals surface area contributed by atoms with E-state index in [0.717, 1.165) is 22.5 Å². The third-order valence-corrected chi connectivity index (χ3v) is 3.95. The lowest BCUT2D eigenvalue weighted by molar-refractivity contribution is 0.0644. The van der Waals surface area contributed by atoms with Crippen molar-refractivity contribution in [2.75, 3.05) is 6.61 Å². The van der Waals surface area contributed by atoms with Crippen LogP contribution in [0.2, 0.25) is 0 Å². The Bertz CT molecular complexity index is 452. The summed E-state index contributed by atoms with van der Waals surface area (Å²) in [7, 11) is 0. The summed E-state index contributed by atoms with van der Waals surface area (Å²) in [4.78, 5) is 15.6. The van der Waals surface area contributed by atoms with Gasteiger partial charge in [-0.3, -0.25) is 4.57 Å². The second-order valence-corrected chi connectivity index (χ2v) is 5.04. The fraction of sp³-hybridized carbons (Fsp3) is 0.636. The maximum absolute atomic E-state index is 11.7. The molecule has 16 heavy (non-hydrogen) atoms. The molecular formula is C11H15BrN2O2. The molecule has 0 atom stereocenters. The summed E-state index contributed by atoms with van der Waals surface area (Å²) in [5.41, 5.74) is 1.35. The summed E-state index contributed by atoms with van der Waals surface area (Å²) < 4.78 is 7.93. The highest BCUT2D eigenvalue weighted by molar-refractivity contribution is 9.10. The molecule has 0 N–H and O–H groups in total. The van der Waals surface area contributed by atoms with Gasteiger partial charge in [0.05, 0.1) is 16.8 Å². The lowest BCUT2D eigenvalue weighted by atomic mass is 10.3. The van der Waals surface area contributed by atoms with Crippen molar-refractivity contribution in [2.45, 2.75) is 33.4 Å². The third-order valence-electron chi connectivity index (χ3n) is 2.81. The smallest absolute Gasteiger partial charge is 0.349 e. The number of hydrogen-bond donors (Lipinski definition) is 0. The number of aryl methyl sites for hydroxylation is 1. The first kappa shape index (κ1) is 11.8. The van der Waals surface area contributed by atoms with Crippen molar-refractivity contribution in [2.24, 2.45) is 5.92 Å². The van der Waals surface area contributed by atoms with Gasteiger partial charge < -0.3 is 4.74 Å². The first-order chi connectivity index (χ1) is 7.59. The average Bonchev–Trinajstić information content (AvgIpc) is 3.04. The minimum Gasteiger partial charge on any atom is -0.360 e. The second kappa shape index (κ2) is 4.67. The lowest BCUT2D eigenvalue weighted by Gasteiger charge is -2.12. The molecule has 1 saturated carbocycles. The Morgan fingerprint density at radius 3 is 2.81 bits per heavy atom. The van der Waals surface area contributed by atoms with E-state index >= 15 is 0 Å². The topological polar surface area (TPSA) is 44.1 Å². The zero-order chi connectivity index (χ0) is 11.7. The van der Waals surface area contributed by atoms with E-state index in [-0.39, 0.29) is 5.69 Å². The third kappa shape index (κ3) is 2.52. The zero-order valence-electron chi connectivity index (χ0n) is 9.49. The second-order valence-electron chi connectivity index (χ2n) is 4.25. The van der Waals surface area contributed by atoms with Crippen LogP contribution in [-0.2, 0) is 11.5 Å². The average molecular weight is 287 g/mol. The van der Waals surface area contributed by atoms with Gasteiger partial charge in [0.15, 0.2) is 0 Å². The van der Waals surface area contributed by atoms with Crippen LogP contribution in [0.1, 0.15) is 24.2 Å². The molecule has 2 rings (SSSR count). The molecule has 4 nitrogen and oxygen atoms in total. The summed E-state index contributed by atoms with van der Waals surface area (Å²) in [6.07, 6.45) is 2.51. The maximum atomic E-state index is 11.7. The summed E-state index contributed by atoms with van der Waals surface area (Å²) in [6, 6.07) is 0. The predicted molar refractivity (Wildman–Crippen MR) is 64.3 cm³/mol. The van der Waals surface area contributed by atoms with Crippen molar-refractivity contribution >= 4 is 15.9 Å². The molecule has 1 aromatic heterocycles. The fourth-order valence-corrected chi connectivity index (χ4v) is 1.83. The van der Waals surface area contributed by atoms with Crippen LogP contribution in [0.25, 0.3) is 0 Å². The van der Waals surface area contributed by atoms with E-state index in [1.807, 2.05) is 13.8 Å². The van der Waals surface area contributed by atoms with Gasteiger partial charge in [0.1, 0.15) is 6.73 Å². The van der Waals surface area contributed by atoms with E-state index in [9.17, 15) is 4.79 Å². The zero-order valence-corrected chi connectivity index (χ0v) is 11.1. The van der Waals surface area contributed by atoms with Crippen LogP contribution in [0, 0.1) is 19.8 Å². The van der Waals surface area contributed by atoms with Crippen LogP contribution in [0.4, 0.5) is 0 Å². The van der Waals surface area contributed by atoms with Gasteiger partial charge >= 0.3 is 5.69 Å². The molecule has 1 aromatic rings. The molecule has 0 radical (unpaired) electrons. The number of ether oxygens (including phenoxy) is 1. The molecule has 5 heteroatoms. The van der Waals surface area contributed by atoms with Gasteiger partial charge in [0, 0.05) is 5.69 Å². The van der Waals surface area contributed by atoms with Crippen LogP contribution in [0.15, 0.2) is 9.27 Å². The van der Waals surface area contributed by atoms with E-state index in [0.29, 0.717) is 12.6 Å². The summed E-state index contributed by atoms with van der Waals surface area (Å²) in [5.74, 6) is 0.706. The normalized spacial score (nSPS) is 15.4. The Morgan fingerprint density at radius 2 is 2.19 bits per heavy atom. The largest absolute Gasteiger partial charge is 0.360 e. The standard InChI is InChI=1S/C11H15BrN2O2/c1-7-10(12)8(2)14(11(15)13-7)6-16-5-9-3-4-9/h9H,3-6H2,1-2H3. The minimum absolute atomic E-state index is 0.242. The molecule has 1 heterocycles. The molecule has 0 unspecified atom stereocenters. The molecule has 0 spiro atoms. The fourth-order valence-electron chi connectivity index (χ4n) is 1.52. The lowest BCUT2D eigenvalue weighted by Crippen LogP contribution is -2.27. The Hall–Kier alpha value is -0.680. The van der Waals surface area contributed by atoms with Crippen molar-refractivity contribution in [1.29, 1.82) is 0 Å². The molecular weight excluding hydrogens is 272 g/mol. The Balaban J connectivity index is 2.12. The molecule has 1 aliphatic rings. The summed E-state index contributed by atoms with van der Waals surface area (Å²) >= 11 is 3.42. The van der Waals surface area contributed by atoms with E-state index in [2.05, 4.69) is 20.9 Å². The number of hydrogen-bond acceptors (Lipinski definition) is 3. The molecule has 1 fully saturated rings. The highest BCUT2D eigenvalue weighted by atomic mass is 79.9. The number of nitrogens with zero attached hydrogens (tertiary/aromatic N) is 2. The molecule has 0 saturated heterocycles.